The third-order valence-corrected chi connectivity index (χ3v) is 15.2. The lowest BCUT2D eigenvalue weighted by atomic mass is 9.47. The number of hydrogen-bond acceptors (Lipinski definition) is 5. The summed E-state index contributed by atoms with van der Waals surface area (Å²) in [4.78, 5) is 28.2. The zero-order valence-corrected chi connectivity index (χ0v) is 35.1. The second kappa shape index (κ2) is 20.5. The van der Waals surface area contributed by atoms with Gasteiger partial charge in [0.1, 0.15) is 6.10 Å². The van der Waals surface area contributed by atoms with Crippen LogP contribution in [0, 0.1) is 46.3 Å². The summed E-state index contributed by atoms with van der Waals surface area (Å²) in [6.07, 6.45) is 26.9. The van der Waals surface area contributed by atoms with Crippen LogP contribution in [0.5, 0.6) is 0 Å². The van der Waals surface area contributed by atoms with Crippen LogP contribution in [0.1, 0.15) is 190 Å². The third kappa shape index (κ3) is 11.6. The first-order valence-electron chi connectivity index (χ1n) is 22.5. The minimum absolute atomic E-state index is 0.0165. The summed E-state index contributed by atoms with van der Waals surface area (Å²) in [5, 5.41) is 0. The van der Waals surface area contributed by atoms with Gasteiger partial charge in [-0.2, -0.15) is 0 Å². The van der Waals surface area contributed by atoms with E-state index in [1.54, 1.807) is 5.57 Å². The van der Waals surface area contributed by atoms with Gasteiger partial charge in [0.2, 0.25) is 5.91 Å². The highest BCUT2D eigenvalue weighted by atomic mass is 16.5. The molecule has 4 aliphatic carbocycles. The van der Waals surface area contributed by atoms with E-state index in [0.717, 1.165) is 87.0 Å². The van der Waals surface area contributed by atoms with E-state index in [9.17, 15) is 9.59 Å². The molecule has 0 spiro atoms. The normalized spacial score (nSPS) is 31.6. The fourth-order valence-corrected chi connectivity index (χ4v) is 11.8. The standard InChI is InChI=1S/C46H83N3O3/c1-8-36(33(2)3)17-14-18-37-22-24-41-40-23-21-38-32-39(25-28-46(38,7)42(40)26-29-45(37,41)6)52-44(51)20-15-19-43(50)49(31-27-35(5)48)30-13-11-9-10-12-16-34(4)47/h21,33-37,39-42H,8-20,22-32,47-48H2,1-7H3/t34?,35?,36-,37?,39?,40?,41?,42?,45?,46?/m1/s1. The molecule has 3 saturated carbocycles. The van der Waals surface area contributed by atoms with Crippen molar-refractivity contribution >= 4 is 11.9 Å². The van der Waals surface area contributed by atoms with E-state index in [1.165, 1.54) is 77.0 Å². The molecule has 10 atom stereocenters. The molecule has 0 aliphatic heterocycles. The number of hydrogen-bond donors (Lipinski definition) is 2. The van der Waals surface area contributed by atoms with E-state index < -0.39 is 0 Å². The Morgan fingerprint density at radius 3 is 2.27 bits per heavy atom. The topological polar surface area (TPSA) is 98.7 Å². The number of fused-ring (bicyclic) bond motifs is 5. The van der Waals surface area contributed by atoms with Crippen LogP contribution in [0.25, 0.3) is 0 Å². The number of nitrogens with two attached hydrogens (primary N) is 2. The minimum atomic E-state index is -0.131. The van der Waals surface area contributed by atoms with Gasteiger partial charge < -0.3 is 21.1 Å². The van der Waals surface area contributed by atoms with Crippen LogP contribution in [-0.2, 0) is 14.3 Å². The molecule has 0 aromatic heterocycles. The molecule has 0 heterocycles. The summed E-state index contributed by atoms with van der Waals surface area (Å²) in [7, 11) is 0. The highest BCUT2D eigenvalue weighted by Gasteiger charge is 2.58. The largest absolute Gasteiger partial charge is 0.462 e. The first-order chi connectivity index (χ1) is 24.8. The van der Waals surface area contributed by atoms with Gasteiger partial charge >= 0.3 is 5.97 Å². The summed E-state index contributed by atoms with van der Waals surface area (Å²) in [6, 6.07) is 0.351. The van der Waals surface area contributed by atoms with Crippen molar-refractivity contribution in [3.8, 4) is 0 Å². The van der Waals surface area contributed by atoms with Crippen molar-refractivity contribution in [1.82, 2.24) is 4.90 Å². The zero-order chi connectivity index (χ0) is 37.9. The van der Waals surface area contributed by atoms with Gasteiger partial charge in [0.05, 0.1) is 0 Å². The number of carbonyl (C=O) groups excluding carboxylic acids is 2. The number of unbranched alkanes of at least 4 members (excludes halogenated alkanes) is 4. The van der Waals surface area contributed by atoms with Crippen LogP contribution in [0.15, 0.2) is 11.6 Å². The van der Waals surface area contributed by atoms with E-state index in [2.05, 4.69) is 47.6 Å². The summed E-state index contributed by atoms with van der Waals surface area (Å²) >= 11 is 0. The summed E-state index contributed by atoms with van der Waals surface area (Å²) in [6.45, 7) is 18.0. The van der Waals surface area contributed by atoms with Crippen LogP contribution >= 0.6 is 0 Å². The maximum atomic E-state index is 13.2. The van der Waals surface area contributed by atoms with Crippen LogP contribution < -0.4 is 11.5 Å². The van der Waals surface area contributed by atoms with Gasteiger partial charge in [-0.3, -0.25) is 9.59 Å². The number of rotatable bonds is 22. The SMILES string of the molecule is CC[C@H](CCCC1CCC2C3CC=C4CC(OC(=O)CCCC(=O)N(CCCCCCCC(C)N)CCC(C)N)CCC4(C)C3CCC12C)C(C)C. The first kappa shape index (κ1) is 43.3. The number of allylic oxidation sites excluding steroid dienone is 1. The second-order valence-electron chi connectivity index (χ2n) is 19.3. The number of ether oxygens (including phenoxy) is 1. The van der Waals surface area contributed by atoms with Crippen LogP contribution in [-0.4, -0.2) is 48.1 Å². The van der Waals surface area contributed by atoms with Crippen molar-refractivity contribution in [2.24, 2.45) is 57.8 Å². The Hall–Kier alpha value is -1.40. The molecule has 0 aromatic rings. The third-order valence-electron chi connectivity index (χ3n) is 15.2. The Kier molecular flexibility index (Phi) is 17.1. The molecule has 6 heteroatoms. The minimum Gasteiger partial charge on any atom is -0.462 e. The van der Waals surface area contributed by atoms with Crippen molar-refractivity contribution in [2.75, 3.05) is 13.1 Å². The van der Waals surface area contributed by atoms with Gasteiger partial charge in [-0.15, -0.1) is 0 Å². The van der Waals surface area contributed by atoms with Crippen molar-refractivity contribution in [2.45, 2.75) is 208 Å². The fraction of sp³-hybridized carbons (Fsp3) is 0.913. The molecule has 1 amide bonds. The van der Waals surface area contributed by atoms with Crippen molar-refractivity contribution in [3.63, 3.8) is 0 Å². The van der Waals surface area contributed by atoms with Gasteiger partial charge in [-0.1, -0.05) is 91.2 Å². The number of carbonyl (C=O) groups is 2. The lowest BCUT2D eigenvalue weighted by Crippen LogP contribution is -2.50. The fourth-order valence-electron chi connectivity index (χ4n) is 11.8. The summed E-state index contributed by atoms with van der Waals surface area (Å²) < 4.78 is 6.12. The van der Waals surface area contributed by atoms with Gasteiger partial charge in [-0.05, 0) is 137 Å². The van der Waals surface area contributed by atoms with Crippen LogP contribution in [0.4, 0.5) is 0 Å². The van der Waals surface area contributed by atoms with E-state index >= 15 is 0 Å². The zero-order valence-electron chi connectivity index (χ0n) is 35.1. The molecular weight excluding hydrogens is 643 g/mol. The van der Waals surface area contributed by atoms with Crippen molar-refractivity contribution < 1.29 is 14.3 Å². The van der Waals surface area contributed by atoms with E-state index in [-0.39, 0.29) is 35.5 Å². The molecule has 0 aromatic carbocycles. The Bertz CT molecular complexity index is 1130. The Labute approximate surface area is 320 Å². The predicted octanol–water partition coefficient (Wildman–Crippen LogP) is 10.8. The maximum absolute atomic E-state index is 13.2. The highest BCUT2D eigenvalue weighted by molar-refractivity contribution is 5.77. The molecule has 4 aliphatic rings. The number of nitrogens with zero attached hydrogens (tertiary/aromatic N) is 1. The molecule has 0 radical (unpaired) electrons. The van der Waals surface area contributed by atoms with Crippen molar-refractivity contribution in [1.29, 1.82) is 0 Å². The van der Waals surface area contributed by atoms with Gasteiger partial charge in [0.25, 0.3) is 0 Å². The predicted molar refractivity (Wildman–Crippen MR) is 218 cm³/mol. The lowest BCUT2D eigenvalue weighted by Gasteiger charge is -2.58. The van der Waals surface area contributed by atoms with Gasteiger partial charge in [0.15, 0.2) is 0 Å². The van der Waals surface area contributed by atoms with Gasteiger partial charge in [0, 0.05) is 44.4 Å². The van der Waals surface area contributed by atoms with E-state index in [1.807, 2.05) is 11.8 Å². The molecule has 3 fully saturated rings. The monoisotopic (exact) mass is 726 g/mol. The average molecular weight is 726 g/mol. The molecule has 0 saturated heterocycles. The maximum Gasteiger partial charge on any atom is 0.306 e. The summed E-state index contributed by atoms with van der Waals surface area (Å²) in [5.74, 6) is 5.11. The number of esters is 1. The molecule has 9 unspecified atom stereocenters. The molecule has 0 bridgehead atoms. The van der Waals surface area contributed by atoms with E-state index in [0.29, 0.717) is 31.2 Å². The Balaban J connectivity index is 1.21. The summed E-state index contributed by atoms with van der Waals surface area (Å²) in [5.41, 5.74) is 14.3. The van der Waals surface area contributed by atoms with E-state index in [4.69, 9.17) is 16.2 Å². The average Bonchev–Trinajstić information content (AvgIpc) is 3.43. The molecule has 4 rings (SSSR count). The number of amides is 1. The second-order valence-corrected chi connectivity index (χ2v) is 19.3. The molecule has 4 N–H and O–H groups in total. The van der Waals surface area contributed by atoms with Crippen LogP contribution in [0.2, 0.25) is 0 Å². The molecule has 52 heavy (non-hydrogen) atoms. The highest BCUT2D eigenvalue weighted by Crippen LogP contribution is 2.67. The Morgan fingerprint density at radius 1 is 0.827 bits per heavy atom. The quantitative estimate of drug-likeness (QED) is 0.0658. The molecular formula is C46H83N3O3. The van der Waals surface area contributed by atoms with Crippen molar-refractivity contribution in [3.05, 3.63) is 11.6 Å². The first-order valence-corrected chi connectivity index (χ1v) is 22.5. The smallest absolute Gasteiger partial charge is 0.306 e. The molecule has 6 nitrogen and oxygen atoms in total. The van der Waals surface area contributed by atoms with Gasteiger partial charge in [-0.25, -0.2) is 0 Å². The van der Waals surface area contributed by atoms with Crippen LogP contribution in [0.3, 0.4) is 0 Å². The molecule has 300 valence electrons. The Morgan fingerprint density at radius 2 is 1.56 bits per heavy atom. The lowest BCUT2D eigenvalue weighted by molar-refractivity contribution is -0.151.